The van der Waals surface area contributed by atoms with Gasteiger partial charge in [0.1, 0.15) is 17.2 Å². The van der Waals surface area contributed by atoms with Crippen LogP contribution in [0.25, 0.3) is 22.1 Å². The highest BCUT2D eigenvalue weighted by molar-refractivity contribution is 6.29. The van der Waals surface area contributed by atoms with Gasteiger partial charge in [-0.05, 0) is 47.0 Å². The Morgan fingerprint density at radius 3 is 2.39 bits per heavy atom. The molecule has 2 aromatic heterocycles. The largest absolute Gasteiger partial charge is 0.445 e. The van der Waals surface area contributed by atoms with E-state index in [0.717, 1.165) is 22.1 Å². The van der Waals surface area contributed by atoms with Gasteiger partial charge >= 0.3 is 0 Å². The van der Waals surface area contributed by atoms with Gasteiger partial charge in [0.2, 0.25) is 0 Å². The lowest BCUT2D eigenvalue weighted by Crippen LogP contribution is -1.96. The van der Waals surface area contributed by atoms with Gasteiger partial charge in [-0.15, -0.1) is 0 Å². The van der Waals surface area contributed by atoms with Crippen molar-refractivity contribution in [3.8, 4) is 11.1 Å². The fraction of sp³-hybridized carbons (Fsp3) is 0. The van der Waals surface area contributed by atoms with Gasteiger partial charge in [-0.1, -0.05) is 6.07 Å². The molecular formula is C13H10ClN3O. The number of nitrogens with two attached hydrogens (primary N) is 2. The maximum absolute atomic E-state index is 5.82. The van der Waals surface area contributed by atoms with Gasteiger partial charge < -0.3 is 15.9 Å². The molecule has 0 unspecified atom stereocenters. The van der Waals surface area contributed by atoms with Gasteiger partial charge in [-0.3, -0.25) is 0 Å². The Labute approximate surface area is 108 Å². The SMILES string of the molecule is Nc1cc(-c2ccc3oc(Cl)cc3c2)cc(N)n1. The second kappa shape index (κ2) is 3.92. The van der Waals surface area contributed by atoms with Gasteiger partial charge in [0.05, 0.1) is 0 Å². The van der Waals surface area contributed by atoms with E-state index in [9.17, 15) is 0 Å². The number of halogens is 1. The molecule has 0 aliphatic heterocycles. The number of nitrogen functional groups attached to an aromatic ring is 2. The van der Waals surface area contributed by atoms with Crippen LogP contribution < -0.4 is 11.5 Å². The number of pyridine rings is 1. The third-order valence-electron chi connectivity index (χ3n) is 2.68. The molecule has 4 N–H and O–H groups in total. The minimum absolute atomic E-state index is 0.371. The van der Waals surface area contributed by atoms with E-state index < -0.39 is 0 Å². The molecule has 0 saturated heterocycles. The van der Waals surface area contributed by atoms with Gasteiger partial charge in [0.25, 0.3) is 0 Å². The molecular weight excluding hydrogens is 250 g/mol. The molecule has 0 amide bonds. The maximum Gasteiger partial charge on any atom is 0.194 e. The number of furan rings is 1. The lowest BCUT2D eigenvalue weighted by Gasteiger charge is -2.04. The summed E-state index contributed by atoms with van der Waals surface area (Å²) in [5.41, 5.74) is 14.0. The molecule has 0 aliphatic rings. The van der Waals surface area contributed by atoms with Crippen LogP contribution >= 0.6 is 11.6 Å². The van der Waals surface area contributed by atoms with Crippen LogP contribution in [0.4, 0.5) is 11.6 Å². The average molecular weight is 260 g/mol. The fourth-order valence-electron chi connectivity index (χ4n) is 1.93. The molecule has 0 fully saturated rings. The number of anilines is 2. The molecule has 1 aromatic carbocycles. The van der Waals surface area contributed by atoms with E-state index in [-0.39, 0.29) is 0 Å². The van der Waals surface area contributed by atoms with E-state index in [2.05, 4.69) is 4.98 Å². The van der Waals surface area contributed by atoms with Crippen LogP contribution in [0.1, 0.15) is 0 Å². The highest BCUT2D eigenvalue weighted by atomic mass is 35.5. The zero-order valence-electron chi connectivity index (χ0n) is 9.35. The maximum atomic E-state index is 5.82. The molecule has 5 heteroatoms. The van der Waals surface area contributed by atoms with Crippen molar-refractivity contribution >= 4 is 34.2 Å². The summed E-state index contributed by atoms with van der Waals surface area (Å²) >= 11 is 5.82. The van der Waals surface area contributed by atoms with Crippen molar-refractivity contribution in [3.05, 3.63) is 41.6 Å². The van der Waals surface area contributed by atoms with E-state index >= 15 is 0 Å². The summed E-state index contributed by atoms with van der Waals surface area (Å²) in [4.78, 5) is 3.94. The summed E-state index contributed by atoms with van der Waals surface area (Å²) in [6, 6.07) is 11.1. The zero-order chi connectivity index (χ0) is 12.7. The quantitative estimate of drug-likeness (QED) is 0.703. The minimum Gasteiger partial charge on any atom is -0.445 e. The third kappa shape index (κ3) is 1.87. The van der Waals surface area contributed by atoms with Gasteiger partial charge in [0.15, 0.2) is 5.22 Å². The molecule has 3 rings (SSSR count). The van der Waals surface area contributed by atoms with Gasteiger partial charge in [-0.25, -0.2) is 4.98 Å². The lowest BCUT2D eigenvalue weighted by molar-refractivity contribution is 0.618. The molecule has 4 nitrogen and oxygen atoms in total. The monoisotopic (exact) mass is 259 g/mol. The van der Waals surface area contributed by atoms with Crippen LogP contribution in [0.5, 0.6) is 0 Å². The van der Waals surface area contributed by atoms with Gasteiger partial charge in [-0.2, -0.15) is 0 Å². The van der Waals surface area contributed by atoms with Crippen LogP contribution in [0.15, 0.2) is 40.8 Å². The topological polar surface area (TPSA) is 78.1 Å². The second-order valence-electron chi connectivity index (χ2n) is 4.01. The Hall–Kier alpha value is -2.20. The van der Waals surface area contributed by atoms with Crippen molar-refractivity contribution in [2.24, 2.45) is 0 Å². The van der Waals surface area contributed by atoms with E-state index in [1.807, 2.05) is 18.2 Å². The zero-order valence-corrected chi connectivity index (χ0v) is 10.1. The van der Waals surface area contributed by atoms with Crippen LogP contribution in [0, 0.1) is 0 Å². The molecule has 18 heavy (non-hydrogen) atoms. The van der Waals surface area contributed by atoms with Crippen LogP contribution in [-0.4, -0.2) is 4.98 Å². The Bertz CT molecular complexity index is 716. The number of fused-ring (bicyclic) bond motifs is 1. The summed E-state index contributed by atoms with van der Waals surface area (Å²) in [5.74, 6) is 0.797. The van der Waals surface area contributed by atoms with Crippen LogP contribution in [-0.2, 0) is 0 Å². The molecule has 0 radical (unpaired) electrons. The molecule has 3 aromatic rings. The summed E-state index contributed by atoms with van der Waals surface area (Å²) in [6.45, 7) is 0. The predicted octanol–water partition coefficient (Wildman–Crippen LogP) is 3.31. The Morgan fingerprint density at radius 2 is 1.67 bits per heavy atom. The molecule has 0 saturated carbocycles. The smallest absolute Gasteiger partial charge is 0.194 e. The Balaban J connectivity index is 2.18. The number of rotatable bonds is 1. The molecule has 90 valence electrons. The first-order chi connectivity index (χ1) is 8.61. The first-order valence-corrected chi connectivity index (χ1v) is 5.72. The summed E-state index contributed by atoms with van der Waals surface area (Å²) in [7, 11) is 0. The Kier molecular flexibility index (Phi) is 2.38. The highest BCUT2D eigenvalue weighted by Crippen LogP contribution is 2.29. The minimum atomic E-state index is 0.371. The summed E-state index contributed by atoms with van der Waals surface area (Å²) < 4.78 is 5.31. The van der Waals surface area contributed by atoms with Crippen molar-refractivity contribution in [3.63, 3.8) is 0 Å². The van der Waals surface area contributed by atoms with E-state index in [4.69, 9.17) is 27.5 Å². The number of aromatic nitrogens is 1. The molecule has 0 bridgehead atoms. The van der Waals surface area contributed by atoms with Crippen molar-refractivity contribution in [2.45, 2.75) is 0 Å². The van der Waals surface area contributed by atoms with E-state index in [1.54, 1.807) is 18.2 Å². The number of nitrogens with zero attached hydrogens (tertiary/aromatic N) is 1. The molecule has 0 atom stereocenters. The highest BCUT2D eigenvalue weighted by Gasteiger charge is 2.06. The molecule has 0 aliphatic carbocycles. The predicted molar refractivity (Wildman–Crippen MR) is 73.3 cm³/mol. The first kappa shape index (κ1) is 10.9. The van der Waals surface area contributed by atoms with Crippen molar-refractivity contribution in [1.29, 1.82) is 0 Å². The van der Waals surface area contributed by atoms with E-state index in [1.165, 1.54) is 0 Å². The van der Waals surface area contributed by atoms with E-state index in [0.29, 0.717) is 16.9 Å². The number of hydrogen-bond donors (Lipinski definition) is 2. The van der Waals surface area contributed by atoms with Crippen LogP contribution in [0.2, 0.25) is 5.22 Å². The number of benzene rings is 1. The third-order valence-corrected chi connectivity index (χ3v) is 2.87. The standard InChI is InChI=1S/C13H10ClN3O/c14-11-4-9-3-7(1-2-10(9)18-11)8-5-12(15)17-13(16)6-8/h1-6H,(H4,15,16,17). The fourth-order valence-corrected chi connectivity index (χ4v) is 2.13. The molecule has 0 spiro atoms. The van der Waals surface area contributed by atoms with Crippen molar-refractivity contribution in [1.82, 2.24) is 4.98 Å². The van der Waals surface area contributed by atoms with Gasteiger partial charge in [0, 0.05) is 11.5 Å². The molecule has 2 heterocycles. The lowest BCUT2D eigenvalue weighted by atomic mass is 10.1. The summed E-state index contributed by atoms with van der Waals surface area (Å²) in [5, 5.41) is 1.31. The Morgan fingerprint density at radius 1 is 0.944 bits per heavy atom. The summed E-state index contributed by atoms with van der Waals surface area (Å²) in [6.07, 6.45) is 0. The average Bonchev–Trinajstić information content (AvgIpc) is 2.66. The first-order valence-electron chi connectivity index (χ1n) is 5.34. The number of hydrogen-bond acceptors (Lipinski definition) is 4. The normalized spacial score (nSPS) is 10.9. The van der Waals surface area contributed by atoms with Crippen molar-refractivity contribution in [2.75, 3.05) is 11.5 Å². The van der Waals surface area contributed by atoms with Crippen molar-refractivity contribution < 1.29 is 4.42 Å². The second-order valence-corrected chi connectivity index (χ2v) is 4.38. The van der Waals surface area contributed by atoms with Crippen LogP contribution in [0.3, 0.4) is 0 Å².